The Kier molecular flexibility index (Phi) is 3.59. The van der Waals surface area contributed by atoms with Crippen molar-refractivity contribution in [3.8, 4) is 0 Å². The highest BCUT2D eigenvalue weighted by Gasteiger charge is 2.30. The highest BCUT2D eigenvalue weighted by Crippen LogP contribution is 2.28. The van der Waals surface area contributed by atoms with Crippen molar-refractivity contribution >= 4 is 16.9 Å². The summed E-state index contributed by atoms with van der Waals surface area (Å²) in [5.74, 6) is 1.79. The average Bonchev–Trinajstić information content (AvgIpc) is 3.18. The fraction of sp³-hybridized carbons (Fsp3) is 0.389. The van der Waals surface area contributed by atoms with Gasteiger partial charge in [-0.15, -0.1) is 0 Å². The number of hydrogen-bond donors (Lipinski definition) is 1. The minimum Gasteiger partial charge on any atom is -0.361 e. The number of H-pyrrole nitrogens is 1. The van der Waals surface area contributed by atoms with Crippen molar-refractivity contribution in [2.75, 3.05) is 13.1 Å². The SMILES string of the molecule is Cc1noc(C)c1C(=O)N1CCC[C@H](c2nc3ccccc3[nH]2)C1. The molecule has 2 aromatic heterocycles. The zero-order valence-corrected chi connectivity index (χ0v) is 13.9. The predicted octanol–water partition coefficient (Wildman–Crippen LogP) is 3.19. The van der Waals surface area contributed by atoms with E-state index in [1.165, 1.54) is 0 Å². The van der Waals surface area contributed by atoms with Crippen LogP contribution >= 0.6 is 0 Å². The van der Waals surface area contributed by atoms with Crippen LogP contribution in [0.25, 0.3) is 11.0 Å². The van der Waals surface area contributed by atoms with Crippen molar-refractivity contribution in [2.45, 2.75) is 32.6 Å². The van der Waals surface area contributed by atoms with E-state index in [-0.39, 0.29) is 11.8 Å². The van der Waals surface area contributed by atoms with E-state index in [1.54, 1.807) is 6.92 Å². The lowest BCUT2D eigenvalue weighted by Crippen LogP contribution is -2.39. The standard InChI is InChI=1S/C18H20N4O2/c1-11-16(12(2)24-21-11)18(23)22-9-5-6-13(10-22)17-19-14-7-3-4-8-15(14)20-17/h3-4,7-8,13H,5-6,9-10H2,1-2H3,(H,19,20)/t13-/m0/s1. The molecule has 3 aromatic rings. The molecular formula is C18H20N4O2. The van der Waals surface area contributed by atoms with E-state index < -0.39 is 0 Å². The number of para-hydroxylation sites is 2. The Bertz CT molecular complexity index is 843. The van der Waals surface area contributed by atoms with E-state index in [2.05, 4.69) is 10.1 Å². The predicted molar refractivity (Wildman–Crippen MR) is 89.9 cm³/mol. The van der Waals surface area contributed by atoms with Gasteiger partial charge in [-0.1, -0.05) is 17.3 Å². The van der Waals surface area contributed by atoms with Crippen molar-refractivity contribution in [1.82, 2.24) is 20.0 Å². The number of nitrogens with zero attached hydrogens (tertiary/aromatic N) is 3. The lowest BCUT2D eigenvalue weighted by atomic mass is 9.96. The molecule has 6 heteroatoms. The molecule has 124 valence electrons. The largest absolute Gasteiger partial charge is 0.361 e. The first-order valence-corrected chi connectivity index (χ1v) is 8.30. The smallest absolute Gasteiger partial charge is 0.259 e. The third-order valence-corrected chi connectivity index (χ3v) is 4.75. The van der Waals surface area contributed by atoms with Crippen molar-refractivity contribution in [2.24, 2.45) is 0 Å². The molecule has 1 aliphatic heterocycles. The zero-order valence-electron chi connectivity index (χ0n) is 13.9. The van der Waals surface area contributed by atoms with Crippen molar-refractivity contribution in [3.05, 3.63) is 47.1 Å². The zero-order chi connectivity index (χ0) is 16.7. The number of rotatable bonds is 2. The van der Waals surface area contributed by atoms with Gasteiger partial charge >= 0.3 is 0 Å². The Morgan fingerprint density at radius 2 is 2.17 bits per heavy atom. The molecule has 0 saturated carbocycles. The Hall–Kier alpha value is -2.63. The van der Waals surface area contributed by atoms with Crippen LogP contribution in [0, 0.1) is 13.8 Å². The van der Waals surface area contributed by atoms with E-state index in [9.17, 15) is 4.79 Å². The van der Waals surface area contributed by atoms with Crippen LogP contribution in [0.5, 0.6) is 0 Å². The lowest BCUT2D eigenvalue weighted by Gasteiger charge is -2.31. The Morgan fingerprint density at radius 1 is 1.33 bits per heavy atom. The number of imidazole rings is 1. The molecule has 3 heterocycles. The number of aromatic amines is 1. The second kappa shape index (κ2) is 5.78. The molecule has 0 unspecified atom stereocenters. The average molecular weight is 324 g/mol. The molecule has 1 fully saturated rings. The number of likely N-dealkylation sites (tertiary alicyclic amines) is 1. The van der Waals surface area contributed by atoms with Crippen LogP contribution in [0.15, 0.2) is 28.8 Å². The molecule has 24 heavy (non-hydrogen) atoms. The fourth-order valence-electron chi connectivity index (χ4n) is 3.50. The van der Waals surface area contributed by atoms with Gasteiger partial charge in [0.1, 0.15) is 17.1 Å². The van der Waals surface area contributed by atoms with Crippen LogP contribution in [0.3, 0.4) is 0 Å². The molecule has 1 aliphatic rings. The summed E-state index contributed by atoms with van der Waals surface area (Å²) in [6.45, 7) is 5.03. The molecule has 1 atom stereocenters. The number of aryl methyl sites for hydroxylation is 2. The number of benzene rings is 1. The van der Waals surface area contributed by atoms with Crippen LogP contribution in [0.1, 0.15) is 46.4 Å². The molecule has 0 bridgehead atoms. The van der Waals surface area contributed by atoms with Gasteiger partial charge in [-0.25, -0.2) is 4.98 Å². The van der Waals surface area contributed by atoms with Gasteiger partial charge in [0.25, 0.3) is 5.91 Å². The molecule has 0 aliphatic carbocycles. The van der Waals surface area contributed by atoms with Crippen LogP contribution in [0.4, 0.5) is 0 Å². The Labute approximate surface area is 139 Å². The number of hydrogen-bond acceptors (Lipinski definition) is 4. The summed E-state index contributed by atoms with van der Waals surface area (Å²) < 4.78 is 5.14. The number of carbonyl (C=O) groups is 1. The monoisotopic (exact) mass is 324 g/mol. The first-order chi connectivity index (χ1) is 11.6. The number of piperidine rings is 1. The van der Waals surface area contributed by atoms with Crippen LogP contribution in [0.2, 0.25) is 0 Å². The maximum absolute atomic E-state index is 12.8. The van der Waals surface area contributed by atoms with E-state index in [4.69, 9.17) is 9.51 Å². The Morgan fingerprint density at radius 3 is 2.92 bits per heavy atom. The van der Waals surface area contributed by atoms with Crippen LogP contribution in [-0.4, -0.2) is 39.0 Å². The quantitative estimate of drug-likeness (QED) is 0.785. The molecule has 0 spiro atoms. The van der Waals surface area contributed by atoms with E-state index >= 15 is 0 Å². The molecule has 0 radical (unpaired) electrons. The minimum atomic E-state index is 0.00654. The number of carbonyl (C=O) groups excluding carboxylic acids is 1. The van der Waals surface area contributed by atoms with E-state index in [0.29, 0.717) is 23.6 Å². The summed E-state index contributed by atoms with van der Waals surface area (Å²) in [4.78, 5) is 22.8. The van der Waals surface area contributed by atoms with Crippen molar-refractivity contribution in [3.63, 3.8) is 0 Å². The maximum atomic E-state index is 12.8. The number of amides is 1. The van der Waals surface area contributed by atoms with Crippen LogP contribution < -0.4 is 0 Å². The summed E-state index contributed by atoms with van der Waals surface area (Å²) in [6.07, 6.45) is 2.00. The topological polar surface area (TPSA) is 75.0 Å². The first-order valence-electron chi connectivity index (χ1n) is 8.30. The maximum Gasteiger partial charge on any atom is 0.259 e. The van der Waals surface area contributed by atoms with Gasteiger partial charge in [0.15, 0.2) is 0 Å². The van der Waals surface area contributed by atoms with Crippen molar-refractivity contribution in [1.29, 1.82) is 0 Å². The second-order valence-electron chi connectivity index (χ2n) is 6.43. The summed E-state index contributed by atoms with van der Waals surface area (Å²) in [6, 6.07) is 8.02. The lowest BCUT2D eigenvalue weighted by molar-refractivity contribution is 0.0702. The normalized spacial score (nSPS) is 18.2. The molecule has 1 N–H and O–H groups in total. The van der Waals surface area contributed by atoms with Gasteiger partial charge in [-0.05, 0) is 38.8 Å². The van der Waals surface area contributed by atoms with Crippen LogP contribution in [-0.2, 0) is 0 Å². The first kappa shape index (κ1) is 14.9. The minimum absolute atomic E-state index is 0.00654. The molecule has 1 aromatic carbocycles. The number of fused-ring (bicyclic) bond motifs is 1. The van der Waals surface area contributed by atoms with Gasteiger partial charge in [0, 0.05) is 19.0 Å². The summed E-state index contributed by atoms with van der Waals surface area (Å²) in [7, 11) is 0. The molecule has 6 nitrogen and oxygen atoms in total. The molecule has 1 saturated heterocycles. The Balaban J connectivity index is 1.58. The van der Waals surface area contributed by atoms with E-state index in [1.807, 2.05) is 36.1 Å². The number of aromatic nitrogens is 3. The van der Waals surface area contributed by atoms with Gasteiger partial charge in [0.2, 0.25) is 0 Å². The molecule has 1 amide bonds. The van der Waals surface area contributed by atoms with Gasteiger partial charge in [0.05, 0.1) is 16.7 Å². The summed E-state index contributed by atoms with van der Waals surface area (Å²) in [5, 5.41) is 3.90. The molecular weight excluding hydrogens is 304 g/mol. The highest BCUT2D eigenvalue weighted by atomic mass is 16.5. The van der Waals surface area contributed by atoms with E-state index in [0.717, 1.165) is 36.2 Å². The third kappa shape index (κ3) is 2.48. The van der Waals surface area contributed by atoms with Gasteiger partial charge in [-0.2, -0.15) is 0 Å². The third-order valence-electron chi connectivity index (χ3n) is 4.75. The second-order valence-corrected chi connectivity index (χ2v) is 6.43. The highest BCUT2D eigenvalue weighted by molar-refractivity contribution is 5.96. The fourth-order valence-corrected chi connectivity index (χ4v) is 3.50. The molecule has 4 rings (SSSR count). The van der Waals surface area contributed by atoms with Gasteiger partial charge in [-0.3, -0.25) is 4.79 Å². The van der Waals surface area contributed by atoms with Crippen molar-refractivity contribution < 1.29 is 9.32 Å². The summed E-state index contributed by atoms with van der Waals surface area (Å²) >= 11 is 0. The van der Waals surface area contributed by atoms with Gasteiger partial charge < -0.3 is 14.4 Å². The number of nitrogens with one attached hydrogen (secondary N) is 1. The summed E-state index contributed by atoms with van der Waals surface area (Å²) in [5.41, 5.74) is 3.27.